The number of anilines is 1. The Hall–Kier alpha value is -4.56. The Morgan fingerprint density at radius 3 is 2.35 bits per heavy atom. The highest BCUT2D eigenvalue weighted by Gasteiger charge is 2.25. The highest BCUT2D eigenvalue weighted by atomic mass is 32.1. The summed E-state index contributed by atoms with van der Waals surface area (Å²) < 4.78 is 22.0. The third-order valence-electron chi connectivity index (χ3n) is 6.02. The van der Waals surface area contributed by atoms with Crippen molar-refractivity contribution in [3.63, 3.8) is 0 Å². The van der Waals surface area contributed by atoms with E-state index in [1.165, 1.54) is 24.5 Å². The van der Waals surface area contributed by atoms with Crippen LogP contribution >= 0.6 is 11.3 Å². The number of methoxy groups -OCH3 is 2. The summed E-state index contributed by atoms with van der Waals surface area (Å²) in [6, 6.07) is 22.8. The van der Waals surface area contributed by atoms with E-state index >= 15 is 0 Å². The predicted octanol–water partition coefficient (Wildman–Crippen LogP) is 7.15. The van der Waals surface area contributed by atoms with Crippen LogP contribution in [-0.4, -0.2) is 32.7 Å². The maximum absolute atomic E-state index is 12.9. The van der Waals surface area contributed by atoms with Gasteiger partial charge in [-0.3, -0.25) is 4.79 Å². The van der Waals surface area contributed by atoms with Crippen molar-refractivity contribution in [3.8, 4) is 28.4 Å². The molecule has 0 atom stereocenters. The van der Waals surface area contributed by atoms with E-state index in [1.807, 2.05) is 74.5 Å². The highest BCUT2D eigenvalue weighted by molar-refractivity contribution is 7.17. The Morgan fingerprint density at radius 1 is 0.925 bits per heavy atom. The molecule has 0 aliphatic rings. The van der Waals surface area contributed by atoms with Gasteiger partial charge in [-0.05, 0) is 60.9 Å². The van der Waals surface area contributed by atoms with Gasteiger partial charge < -0.3 is 24.3 Å². The number of nitrogens with one attached hydrogen (secondary N) is 1. The van der Waals surface area contributed by atoms with E-state index < -0.39 is 5.97 Å². The Labute approximate surface area is 238 Å². The van der Waals surface area contributed by atoms with Crippen LogP contribution in [0.15, 0.2) is 78.9 Å². The van der Waals surface area contributed by atoms with Crippen LogP contribution in [0.2, 0.25) is 0 Å². The summed E-state index contributed by atoms with van der Waals surface area (Å²) in [5, 5.41) is 3.27. The molecule has 8 heteroatoms. The summed E-state index contributed by atoms with van der Waals surface area (Å²) in [5.74, 6) is 0.994. The van der Waals surface area contributed by atoms with Gasteiger partial charge in [-0.1, -0.05) is 48.5 Å². The third-order valence-corrected chi connectivity index (χ3v) is 7.04. The van der Waals surface area contributed by atoms with E-state index in [2.05, 4.69) is 5.32 Å². The van der Waals surface area contributed by atoms with Crippen molar-refractivity contribution in [2.75, 3.05) is 26.1 Å². The molecule has 1 N–H and O–H groups in total. The lowest BCUT2D eigenvalue weighted by Gasteiger charge is -2.11. The van der Waals surface area contributed by atoms with Gasteiger partial charge in [-0.25, -0.2) is 4.79 Å². The lowest BCUT2D eigenvalue weighted by Crippen LogP contribution is -2.11. The lowest BCUT2D eigenvalue weighted by molar-refractivity contribution is -0.111. The standard InChI is InChI=1S/C32H31NO6S/c1-5-38-25-15-13-24(14-16-25)29-21(2)40-31(30(29)32(35)37-4)33-28(34)18-12-22-11-17-26(27(19-22)36-3)39-20-23-9-7-6-8-10-23/h6-19H,5,20H2,1-4H3,(H,33,34)/b18-12+. The molecule has 7 nitrogen and oxygen atoms in total. The van der Waals surface area contributed by atoms with Crippen LogP contribution < -0.4 is 19.5 Å². The van der Waals surface area contributed by atoms with Gasteiger partial charge in [0.2, 0.25) is 5.91 Å². The highest BCUT2D eigenvalue weighted by Crippen LogP contribution is 2.41. The maximum Gasteiger partial charge on any atom is 0.341 e. The van der Waals surface area contributed by atoms with E-state index in [9.17, 15) is 9.59 Å². The molecule has 0 saturated carbocycles. The van der Waals surface area contributed by atoms with Gasteiger partial charge in [0, 0.05) is 16.5 Å². The first-order chi connectivity index (χ1) is 19.4. The first-order valence-electron chi connectivity index (χ1n) is 12.7. The van der Waals surface area contributed by atoms with E-state index in [0.29, 0.717) is 35.3 Å². The molecule has 206 valence electrons. The monoisotopic (exact) mass is 557 g/mol. The number of aryl methyl sites for hydroxylation is 1. The number of thiophene rings is 1. The fraction of sp³-hybridized carbons (Fsp3) is 0.188. The Balaban J connectivity index is 1.50. The van der Waals surface area contributed by atoms with Crippen LogP contribution in [0.5, 0.6) is 17.2 Å². The summed E-state index contributed by atoms with van der Waals surface area (Å²) in [4.78, 5) is 26.5. The topological polar surface area (TPSA) is 83.1 Å². The van der Waals surface area contributed by atoms with E-state index in [0.717, 1.165) is 32.9 Å². The van der Waals surface area contributed by atoms with E-state index in [1.54, 1.807) is 25.3 Å². The van der Waals surface area contributed by atoms with Gasteiger partial charge in [-0.15, -0.1) is 11.3 Å². The van der Waals surface area contributed by atoms with Crippen molar-refractivity contribution < 1.29 is 28.5 Å². The van der Waals surface area contributed by atoms with E-state index in [4.69, 9.17) is 18.9 Å². The first-order valence-corrected chi connectivity index (χ1v) is 13.5. The molecule has 0 unspecified atom stereocenters. The maximum atomic E-state index is 12.9. The van der Waals surface area contributed by atoms with Crippen LogP contribution in [0.3, 0.4) is 0 Å². The van der Waals surface area contributed by atoms with E-state index in [-0.39, 0.29) is 5.91 Å². The summed E-state index contributed by atoms with van der Waals surface area (Å²) in [7, 11) is 2.89. The SMILES string of the molecule is CCOc1ccc(-c2c(C)sc(NC(=O)/C=C/c3ccc(OCc4ccccc4)c(OC)c3)c2C(=O)OC)cc1. The summed E-state index contributed by atoms with van der Waals surface area (Å²) in [6.45, 7) is 4.80. The largest absolute Gasteiger partial charge is 0.494 e. The molecule has 0 aliphatic carbocycles. The van der Waals surface area contributed by atoms with Crippen LogP contribution in [0.25, 0.3) is 17.2 Å². The minimum atomic E-state index is -0.525. The number of carbonyl (C=O) groups excluding carboxylic acids is 2. The molecule has 3 aromatic carbocycles. The molecule has 1 amide bonds. The summed E-state index contributed by atoms with van der Waals surface area (Å²) in [6.07, 6.45) is 3.08. The zero-order valence-electron chi connectivity index (χ0n) is 22.9. The molecular formula is C32H31NO6S. The molecule has 0 bridgehead atoms. The first kappa shape index (κ1) is 28.4. The van der Waals surface area contributed by atoms with Gasteiger partial charge in [0.1, 0.15) is 22.9 Å². The van der Waals surface area contributed by atoms with Gasteiger partial charge in [-0.2, -0.15) is 0 Å². The molecule has 1 aromatic heterocycles. The van der Waals surface area contributed by atoms with Crippen molar-refractivity contribution in [1.29, 1.82) is 0 Å². The van der Waals surface area contributed by atoms with Crippen LogP contribution in [0.4, 0.5) is 5.00 Å². The average molecular weight is 558 g/mol. The number of hydrogen-bond acceptors (Lipinski definition) is 7. The quantitative estimate of drug-likeness (QED) is 0.156. The average Bonchev–Trinajstić information content (AvgIpc) is 3.30. The van der Waals surface area contributed by atoms with Gasteiger partial charge in [0.15, 0.2) is 11.5 Å². The van der Waals surface area contributed by atoms with Crippen LogP contribution in [-0.2, 0) is 16.1 Å². The van der Waals surface area contributed by atoms with Gasteiger partial charge in [0.05, 0.1) is 20.8 Å². The molecule has 0 aliphatic heterocycles. The minimum absolute atomic E-state index is 0.317. The second-order valence-corrected chi connectivity index (χ2v) is 9.92. The second-order valence-electron chi connectivity index (χ2n) is 8.69. The molecular weight excluding hydrogens is 526 g/mol. The third kappa shape index (κ3) is 6.90. The molecule has 0 spiro atoms. The number of ether oxygens (including phenoxy) is 4. The van der Waals surface area contributed by atoms with Crippen molar-refractivity contribution in [2.24, 2.45) is 0 Å². The predicted molar refractivity (Wildman–Crippen MR) is 158 cm³/mol. The second kappa shape index (κ2) is 13.5. The minimum Gasteiger partial charge on any atom is -0.494 e. The number of hydrogen-bond donors (Lipinski definition) is 1. The number of carbonyl (C=O) groups is 2. The van der Waals surface area contributed by atoms with Gasteiger partial charge in [0.25, 0.3) is 0 Å². The lowest BCUT2D eigenvalue weighted by atomic mass is 10.0. The number of amides is 1. The smallest absolute Gasteiger partial charge is 0.341 e. The van der Waals surface area contributed by atoms with Crippen molar-refractivity contribution in [2.45, 2.75) is 20.5 Å². The fourth-order valence-electron chi connectivity index (χ4n) is 4.13. The Bertz CT molecular complexity index is 1490. The van der Waals surface area contributed by atoms with Crippen LogP contribution in [0.1, 0.15) is 33.3 Å². The van der Waals surface area contributed by atoms with Crippen molar-refractivity contribution in [3.05, 3.63) is 100 Å². The van der Waals surface area contributed by atoms with Crippen molar-refractivity contribution >= 4 is 34.3 Å². The van der Waals surface area contributed by atoms with Crippen LogP contribution in [0, 0.1) is 6.92 Å². The molecule has 4 rings (SSSR count). The Kier molecular flexibility index (Phi) is 9.59. The van der Waals surface area contributed by atoms with Gasteiger partial charge >= 0.3 is 5.97 Å². The summed E-state index contributed by atoms with van der Waals surface area (Å²) >= 11 is 1.32. The molecule has 0 saturated heterocycles. The molecule has 0 radical (unpaired) electrons. The normalized spacial score (nSPS) is 10.8. The zero-order valence-corrected chi connectivity index (χ0v) is 23.7. The van der Waals surface area contributed by atoms with Crippen molar-refractivity contribution in [1.82, 2.24) is 0 Å². The zero-order chi connectivity index (χ0) is 28.5. The number of esters is 1. The number of benzene rings is 3. The molecule has 40 heavy (non-hydrogen) atoms. The molecule has 1 heterocycles. The summed E-state index contributed by atoms with van der Waals surface area (Å²) in [5.41, 5.74) is 3.67. The Morgan fingerprint density at radius 2 is 1.68 bits per heavy atom. The fourth-order valence-corrected chi connectivity index (χ4v) is 5.20. The number of rotatable bonds is 11. The molecule has 0 fully saturated rings. The molecule has 4 aromatic rings.